The number of alkyl halides is 2. The fourth-order valence-corrected chi connectivity index (χ4v) is 4.61. The smallest absolute Gasteiger partial charge is 0.257 e. The first kappa shape index (κ1) is 21.6. The van der Waals surface area contributed by atoms with Crippen LogP contribution < -0.4 is 11.3 Å². The van der Waals surface area contributed by atoms with Crippen LogP contribution in [0.15, 0.2) is 41.5 Å². The summed E-state index contributed by atoms with van der Waals surface area (Å²) in [5, 5.41) is 0. The first-order valence-electron chi connectivity index (χ1n) is 10.8. The van der Waals surface area contributed by atoms with E-state index in [1.54, 1.807) is 24.1 Å². The number of aromatic amines is 1. The molecule has 1 saturated heterocycles. The normalized spacial score (nSPS) is 23.6. The molecule has 2 fully saturated rings. The minimum atomic E-state index is -2.96. The molecule has 1 unspecified atom stereocenters. The molecular weight excluding hydrogens is 402 g/mol. The molecule has 2 aromatic rings. The molecule has 1 aliphatic carbocycles. The zero-order chi connectivity index (χ0) is 22.2. The van der Waals surface area contributed by atoms with Gasteiger partial charge in [0.25, 0.3) is 5.92 Å². The van der Waals surface area contributed by atoms with Gasteiger partial charge in [-0.3, -0.25) is 19.5 Å². The molecule has 8 heteroatoms. The van der Waals surface area contributed by atoms with E-state index in [2.05, 4.69) is 9.97 Å². The summed E-state index contributed by atoms with van der Waals surface area (Å²) in [4.78, 5) is 32.6. The summed E-state index contributed by atoms with van der Waals surface area (Å²) < 4.78 is 29.6. The Balaban J connectivity index is 1.61. The van der Waals surface area contributed by atoms with Crippen LogP contribution in [0.25, 0.3) is 0 Å². The van der Waals surface area contributed by atoms with E-state index in [4.69, 9.17) is 5.73 Å². The van der Waals surface area contributed by atoms with Crippen molar-refractivity contribution in [3.8, 4) is 0 Å². The number of primary amides is 1. The standard InChI is InChI=1S/C23H28F2N4O2/c1-22(21(26)31,19-7-5-16(12-27-19)11-15-3-2-4-15)29-10-9-23(24,25)18(14-29)17-6-8-20(30)28-13-17/h5-8,12-13,15,18H,2-4,9-11,14H2,1H3,(H2,26,31)(H,28,30)/t18-,22?/m1/s1. The third-order valence-corrected chi connectivity index (χ3v) is 7.02. The molecule has 2 aliphatic rings. The Labute approximate surface area is 179 Å². The average molecular weight is 430 g/mol. The second kappa shape index (κ2) is 8.15. The van der Waals surface area contributed by atoms with Gasteiger partial charge in [-0.15, -0.1) is 0 Å². The average Bonchev–Trinajstić information content (AvgIpc) is 2.71. The van der Waals surface area contributed by atoms with Crippen molar-refractivity contribution in [3.05, 3.63) is 63.8 Å². The van der Waals surface area contributed by atoms with E-state index in [1.807, 2.05) is 6.07 Å². The van der Waals surface area contributed by atoms with Gasteiger partial charge < -0.3 is 10.7 Å². The van der Waals surface area contributed by atoms with Gasteiger partial charge in [-0.1, -0.05) is 31.4 Å². The fraction of sp³-hybridized carbons (Fsp3) is 0.522. The van der Waals surface area contributed by atoms with Crippen molar-refractivity contribution in [3.63, 3.8) is 0 Å². The van der Waals surface area contributed by atoms with Gasteiger partial charge >= 0.3 is 0 Å². The highest BCUT2D eigenvalue weighted by molar-refractivity contribution is 5.85. The second-order valence-corrected chi connectivity index (χ2v) is 8.99. The van der Waals surface area contributed by atoms with Crippen molar-refractivity contribution in [2.24, 2.45) is 11.7 Å². The van der Waals surface area contributed by atoms with Gasteiger partial charge in [0.1, 0.15) is 5.54 Å². The molecule has 1 amide bonds. The molecule has 0 spiro atoms. The summed E-state index contributed by atoms with van der Waals surface area (Å²) in [6, 6.07) is 6.40. The summed E-state index contributed by atoms with van der Waals surface area (Å²) in [6.07, 6.45) is 7.37. The van der Waals surface area contributed by atoms with E-state index >= 15 is 0 Å². The second-order valence-electron chi connectivity index (χ2n) is 8.99. The van der Waals surface area contributed by atoms with Crippen molar-refractivity contribution in [1.29, 1.82) is 0 Å². The molecule has 1 aliphatic heterocycles. The highest BCUT2D eigenvalue weighted by Gasteiger charge is 2.51. The molecule has 166 valence electrons. The number of pyridine rings is 2. The lowest BCUT2D eigenvalue weighted by molar-refractivity contribution is -0.139. The number of carbonyl (C=O) groups is 1. The van der Waals surface area contributed by atoms with Crippen molar-refractivity contribution >= 4 is 5.91 Å². The number of aromatic nitrogens is 2. The molecule has 4 rings (SSSR count). The van der Waals surface area contributed by atoms with E-state index in [9.17, 15) is 18.4 Å². The number of likely N-dealkylation sites (tertiary alicyclic amines) is 1. The Kier molecular flexibility index (Phi) is 5.68. The molecule has 0 bridgehead atoms. The van der Waals surface area contributed by atoms with Gasteiger partial charge in [-0.25, -0.2) is 8.78 Å². The number of hydrogen-bond acceptors (Lipinski definition) is 4. The number of rotatable bonds is 6. The quantitative estimate of drug-likeness (QED) is 0.737. The van der Waals surface area contributed by atoms with Crippen LogP contribution in [-0.4, -0.2) is 39.8 Å². The third kappa shape index (κ3) is 4.13. The summed E-state index contributed by atoms with van der Waals surface area (Å²) in [5.74, 6) is -4.07. The van der Waals surface area contributed by atoms with Crippen LogP contribution in [0.4, 0.5) is 8.78 Å². The number of carbonyl (C=O) groups excluding carboxylic acids is 1. The molecule has 3 N–H and O–H groups in total. The van der Waals surface area contributed by atoms with Gasteiger partial charge in [0.2, 0.25) is 11.5 Å². The lowest BCUT2D eigenvalue weighted by Gasteiger charge is -2.46. The van der Waals surface area contributed by atoms with Crippen LogP contribution in [0, 0.1) is 5.92 Å². The monoisotopic (exact) mass is 430 g/mol. The molecule has 0 radical (unpaired) electrons. The number of halogens is 2. The van der Waals surface area contributed by atoms with Gasteiger partial charge in [0, 0.05) is 38.0 Å². The molecule has 2 atom stereocenters. The van der Waals surface area contributed by atoms with Crippen LogP contribution in [0.2, 0.25) is 0 Å². The minimum absolute atomic E-state index is 0.0117. The lowest BCUT2D eigenvalue weighted by atomic mass is 9.81. The Morgan fingerprint density at radius 3 is 2.65 bits per heavy atom. The third-order valence-electron chi connectivity index (χ3n) is 7.02. The Morgan fingerprint density at radius 2 is 2.10 bits per heavy atom. The first-order chi connectivity index (χ1) is 14.7. The topological polar surface area (TPSA) is 92.1 Å². The maximum absolute atomic E-state index is 14.8. The molecule has 2 aromatic heterocycles. The number of amides is 1. The van der Waals surface area contributed by atoms with Crippen molar-refractivity contribution in [2.75, 3.05) is 13.1 Å². The predicted octanol–water partition coefficient (Wildman–Crippen LogP) is 2.94. The van der Waals surface area contributed by atoms with Crippen molar-refractivity contribution in [1.82, 2.24) is 14.9 Å². The van der Waals surface area contributed by atoms with Gasteiger partial charge in [-0.2, -0.15) is 0 Å². The highest BCUT2D eigenvalue weighted by atomic mass is 19.3. The number of nitrogens with zero attached hydrogens (tertiary/aromatic N) is 2. The first-order valence-corrected chi connectivity index (χ1v) is 10.8. The zero-order valence-corrected chi connectivity index (χ0v) is 17.6. The van der Waals surface area contributed by atoms with Crippen molar-refractivity contribution in [2.45, 2.75) is 56.4 Å². The number of H-pyrrole nitrogens is 1. The summed E-state index contributed by atoms with van der Waals surface area (Å²) in [7, 11) is 0. The van der Waals surface area contributed by atoms with E-state index in [-0.39, 0.29) is 18.6 Å². The molecule has 0 aromatic carbocycles. The van der Waals surface area contributed by atoms with Crippen LogP contribution >= 0.6 is 0 Å². The maximum atomic E-state index is 14.8. The van der Waals surface area contributed by atoms with Gasteiger partial charge in [0.15, 0.2) is 0 Å². The Morgan fingerprint density at radius 1 is 1.32 bits per heavy atom. The number of piperidine rings is 1. The molecule has 3 heterocycles. The maximum Gasteiger partial charge on any atom is 0.257 e. The minimum Gasteiger partial charge on any atom is -0.368 e. The predicted molar refractivity (Wildman–Crippen MR) is 113 cm³/mol. The summed E-state index contributed by atoms with van der Waals surface area (Å²) in [5.41, 5.74) is 6.02. The van der Waals surface area contributed by atoms with E-state index in [1.165, 1.54) is 37.6 Å². The summed E-state index contributed by atoms with van der Waals surface area (Å²) in [6.45, 7) is 1.58. The summed E-state index contributed by atoms with van der Waals surface area (Å²) >= 11 is 0. The van der Waals surface area contributed by atoms with Gasteiger partial charge in [-0.05, 0) is 36.5 Å². The van der Waals surface area contributed by atoms with Crippen LogP contribution in [0.3, 0.4) is 0 Å². The van der Waals surface area contributed by atoms with E-state index < -0.39 is 29.7 Å². The molecular formula is C23H28F2N4O2. The van der Waals surface area contributed by atoms with E-state index in [0.29, 0.717) is 17.2 Å². The van der Waals surface area contributed by atoms with Crippen LogP contribution in [0.5, 0.6) is 0 Å². The Bertz CT molecular complexity index is 983. The largest absolute Gasteiger partial charge is 0.368 e. The van der Waals surface area contributed by atoms with Crippen molar-refractivity contribution < 1.29 is 13.6 Å². The van der Waals surface area contributed by atoms with Crippen LogP contribution in [0.1, 0.15) is 55.3 Å². The number of hydrogen-bond donors (Lipinski definition) is 2. The van der Waals surface area contributed by atoms with E-state index in [0.717, 1.165) is 12.0 Å². The number of nitrogens with one attached hydrogen (secondary N) is 1. The fourth-order valence-electron chi connectivity index (χ4n) is 4.61. The van der Waals surface area contributed by atoms with Gasteiger partial charge in [0.05, 0.1) is 11.6 Å². The molecule has 6 nitrogen and oxygen atoms in total. The molecule has 31 heavy (non-hydrogen) atoms. The lowest BCUT2D eigenvalue weighted by Crippen LogP contribution is -2.59. The Hall–Kier alpha value is -2.61. The zero-order valence-electron chi connectivity index (χ0n) is 17.6. The van der Waals surface area contributed by atoms with Crippen LogP contribution in [-0.2, 0) is 16.8 Å². The highest BCUT2D eigenvalue weighted by Crippen LogP contribution is 2.43. The SMILES string of the molecule is CC(C(N)=O)(c1ccc(CC2CCC2)cn1)N1CCC(F)(F)[C@@H](c2ccc(=O)[nH]c2)C1. The number of nitrogens with two attached hydrogens (primary N) is 1. The molecule has 1 saturated carbocycles.